The van der Waals surface area contributed by atoms with Gasteiger partial charge < -0.3 is 15.0 Å². The molecule has 0 radical (unpaired) electrons. The molecule has 5 rings (SSSR count). The van der Waals surface area contributed by atoms with Crippen LogP contribution in [0.5, 0.6) is 5.75 Å². The molecule has 4 heterocycles. The second-order valence-electron chi connectivity index (χ2n) is 6.81. The molecule has 1 saturated heterocycles. The molecule has 1 aromatic carbocycles. The average molecular weight is 353 g/mol. The lowest BCUT2D eigenvalue weighted by Gasteiger charge is -2.41. The molecular formula is C19H20FN5O. The molecule has 3 aromatic rings. The molecule has 2 aromatic heterocycles. The van der Waals surface area contributed by atoms with Gasteiger partial charge in [-0.25, -0.2) is 9.37 Å². The van der Waals surface area contributed by atoms with Crippen LogP contribution in [0.2, 0.25) is 0 Å². The largest absolute Gasteiger partial charge is 0.487 e. The minimum absolute atomic E-state index is 0.0961. The van der Waals surface area contributed by atoms with E-state index in [1.165, 1.54) is 23.4 Å². The fourth-order valence-corrected chi connectivity index (χ4v) is 3.73. The summed E-state index contributed by atoms with van der Waals surface area (Å²) < 4.78 is 20.9. The van der Waals surface area contributed by atoms with Crippen LogP contribution >= 0.6 is 0 Å². The van der Waals surface area contributed by atoms with E-state index in [9.17, 15) is 4.39 Å². The maximum Gasteiger partial charge on any atom is 0.157 e. The van der Waals surface area contributed by atoms with Gasteiger partial charge in [0.15, 0.2) is 5.65 Å². The van der Waals surface area contributed by atoms with Crippen molar-refractivity contribution in [1.29, 1.82) is 0 Å². The van der Waals surface area contributed by atoms with Crippen LogP contribution in [-0.4, -0.2) is 46.9 Å². The first-order valence-electron chi connectivity index (χ1n) is 9.01. The Morgan fingerprint density at radius 2 is 1.88 bits per heavy atom. The number of hydrogen-bond acceptors (Lipinski definition) is 5. The van der Waals surface area contributed by atoms with Crippen LogP contribution in [0.1, 0.15) is 11.3 Å². The Kier molecular flexibility index (Phi) is 3.74. The molecule has 2 aliphatic heterocycles. The third-order valence-electron chi connectivity index (χ3n) is 5.05. The fraction of sp³-hybridized carbons (Fsp3) is 0.368. The molecule has 0 bridgehead atoms. The van der Waals surface area contributed by atoms with Crippen molar-refractivity contribution in [2.45, 2.75) is 18.9 Å². The third kappa shape index (κ3) is 2.68. The summed E-state index contributed by atoms with van der Waals surface area (Å²) in [6.07, 6.45) is 3.79. The second kappa shape index (κ2) is 6.25. The number of nitrogens with zero attached hydrogens (tertiary/aromatic N) is 4. The van der Waals surface area contributed by atoms with Crippen molar-refractivity contribution >= 4 is 11.5 Å². The standard InChI is InChI=1S/C19H20FN5O/c20-13-1-3-14(4-2-13)26-15-11-24(12-15)19-16-5-8-21-9-6-17(16)23-18-7-10-22-25(18)19/h1-4,7,10,15,21H,5-6,8-9,11-12H2. The smallest absolute Gasteiger partial charge is 0.157 e. The van der Waals surface area contributed by atoms with Gasteiger partial charge in [0.25, 0.3) is 0 Å². The number of benzene rings is 1. The number of ether oxygens (including phenoxy) is 1. The first-order chi connectivity index (χ1) is 12.8. The maximum atomic E-state index is 13.0. The molecule has 6 nitrogen and oxygen atoms in total. The summed E-state index contributed by atoms with van der Waals surface area (Å²) in [4.78, 5) is 7.10. The molecule has 7 heteroatoms. The van der Waals surface area contributed by atoms with Crippen LogP contribution in [0.3, 0.4) is 0 Å². The molecule has 2 aliphatic rings. The van der Waals surface area contributed by atoms with Crippen molar-refractivity contribution in [3.8, 4) is 5.75 Å². The van der Waals surface area contributed by atoms with E-state index in [1.807, 2.05) is 10.6 Å². The van der Waals surface area contributed by atoms with Crippen LogP contribution in [0.4, 0.5) is 10.2 Å². The lowest BCUT2D eigenvalue weighted by atomic mass is 10.1. The highest BCUT2D eigenvalue weighted by Gasteiger charge is 2.33. The van der Waals surface area contributed by atoms with Gasteiger partial charge in [0, 0.05) is 24.6 Å². The summed E-state index contributed by atoms with van der Waals surface area (Å²) in [5.41, 5.74) is 3.34. The van der Waals surface area contributed by atoms with Gasteiger partial charge in [-0.3, -0.25) is 0 Å². The minimum Gasteiger partial charge on any atom is -0.487 e. The van der Waals surface area contributed by atoms with Crippen LogP contribution in [0.25, 0.3) is 5.65 Å². The van der Waals surface area contributed by atoms with E-state index < -0.39 is 0 Å². The van der Waals surface area contributed by atoms with Crippen LogP contribution in [-0.2, 0) is 12.8 Å². The van der Waals surface area contributed by atoms with E-state index in [0.29, 0.717) is 5.75 Å². The lowest BCUT2D eigenvalue weighted by molar-refractivity contribution is 0.166. The minimum atomic E-state index is -0.248. The van der Waals surface area contributed by atoms with Gasteiger partial charge in [-0.05, 0) is 37.2 Å². The summed E-state index contributed by atoms with van der Waals surface area (Å²) in [6, 6.07) is 8.15. The quantitative estimate of drug-likeness (QED) is 0.779. The Morgan fingerprint density at radius 3 is 2.73 bits per heavy atom. The van der Waals surface area contributed by atoms with E-state index in [2.05, 4.69) is 15.3 Å². The van der Waals surface area contributed by atoms with Crippen LogP contribution < -0.4 is 15.0 Å². The number of rotatable bonds is 3. The highest BCUT2D eigenvalue weighted by atomic mass is 19.1. The predicted octanol–water partition coefficient (Wildman–Crippen LogP) is 1.82. The molecular weight excluding hydrogens is 333 g/mol. The molecule has 1 N–H and O–H groups in total. The van der Waals surface area contributed by atoms with Crippen molar-refractivity contribution < 1.29 is 9.13 Å². The monoisotopic (exact) mass is 353 g/mol. The van der Waals surface area contributed by atoms with Gasteiger partial charge in [-0.15, -0.1) is 0 Å². The first-order valence-corrected chi connectivity index (χ1v) is 9.01. The average Bonchev–Trinajstić information content (AvgIpc) is 2.95. The number of nitrogens with one attached hydrogen (secondary N) is 1. The van der Waals surface area contributed by atoms with E-state index >= 15 is 0 Å². The van der Waals surface area contributed by atoms with E-state index in [4.69, 9.17) is 9.72 Å². The Morgan fingerprint density at radius 1 is 1.08 bits per heavy atom. The molecule has 0 aliphatic carbocycles. The zero-order chi connectivity index (χ0) is 17.5. The van der Waals surface area contributed by atoms with Gasteiger partial charge in [0.2, 0.25) is 0 Å². The van der Waals surface area contributed by atoms with Crippen LogP contribution in [0, 0.1) is 5.82 Å². The first kappa shape index (κ1) is 15.6. The zero-order valence-electron chi connectivity index (χ0n) is 14.4. The van der Waals surface area contributed by atoms with Crippen molar-refractivity contribution in [1.82, 2.24) is 19.9 Å². The van der Waals surface area contributed by atoms with Gasteiger partial charge >= 0.3 is 0 Å². The van der Waals surface area contributed by atoms with E-state index in [0.717, 1.165) is 50.5 Å². The van der Waals surface area contributed by atoms with Crippen molar-refractivity contribution in [3.05, 3.63) is 53.6 Å². The van der Waals surface area contributed by atoms with Gasteiger partial charge in [0.1, 0.15) is 23.5 Å². The molecule has 0 spiro atoms. The van der Waals surface area contributed by atoms with Gasteiger partial charge in [-0.1, -0.05) is 0 Å². The summed E-state index contributed by atoms with van der Waals surface area (Å²) in [5, 5.41) is 7.93. The number of halogens is 1. The van der Waals surface area contributed by atoms with Crippen molar-refractivity contribution in [2.24, 2.45) is 0 Å². The Labute approximate surface area is 150 Å². The highest BCUT2D eigenvalue weighted by Crippen LogP contribution is 2.30. The molecule has 26 heavy (non-hydrogen) atoms. The molecule has 0 saturated carbocycles. The Bertz CT molecular complexity index is 933. The highest BCUT2D eigenvalue weighted by molar-refractivity contribution is 5.59. The normalized spacial score (nSPS) is 17.7. The lowest BCUT2D eigenvalue weighted by Crippen LogP contribution is -2.55. The Balaban J connectivity index is 1.40. The van der Waals surface area contributed by atoms with Crippen molar-refractivity contribution in [2.75, 3.05) is 31.1 Å². The SMILES string of the molecule is Fc1ccc(OC2CN(c3c4c(nc5ccnn35)CCNCC4)C2)cc1. The van der Waals surface area contributed by atoms with E-state index in [-0.39, 0.29) is 11.9 Å². The third-order valence-corrected chi connectivity index (χ3v) is 5.05. The number of aromatic nitrogens is 3. The molecule has 1 fully saturated rings. The van der Waals surface area contributed by atoms with Gasteiger partial charge in [0.05, 0.1) is 25.0 Å². The van der Waals surface area contributed by atoms with Crippen LogP contribution in [0.15, 0.2) is 36.5 Å². The summed E-state index contributed by atoms with van der Waals surface area (Å²) in [7, 11) is 0. The second-order valence-corrected chi connectivity index (χ2v) is 6.81. The molecule has 0 unspecified atom stereocenters. The zero-order valence-corrected chi connectivity index (χ0v) is 14.4. The van der Waals surface area contributed by atoms with Gasteiger partial charge in [-0.2, -0.15) is 9.61 Å². The summed E-state index contributed by atoms with van der Waals surface area (Å²) >= 11 is 0. The molecule has 0 atom stereocenters. The summed E-state index contributed by atoms with van der Waals surface area (Å²) in [5.74, 6) is 1.59. The van der Waals surface area contributed by atoms with E-state index in [1.54, 1.807) is 18.3 Å². The number of hydrogen-bond donors (Lipinski definition) is 1. The molecule has 134 valence electrons. The number of anilines is 1. The predicted molar refractivity (Wildman–Crippen MR) is 96.3 cm³/mol. The molecule has 0 amide bonds. The summed E-state index contributed by atoms with van der Waals surface area (Å²) in [6.45, 7) is 3.49. The number of fused-ring (bicyclic) bond motifs is 2. The topological polar surface area (TPSA) is 54.7 Å². The maximum absolute atomic E-state index is 13.0. The fourth-order valence-electron chi connectivity index (χ4n) is 3.73. The Hall–Kier alpha value is -2.67. The van der Waals surface area contributed by atoms with Crippen molar-refractivity contribution in [3.63, 3.8) is 0 Å².